The Morgan fingerprint density at radius 2 is 1.75 bits per heavy atom. The van der Waals surface area contributed by atoms with E-state index in [2.05, 4.69) is 5.32 Å². The van der Waals surface area contributed by atoms with Gasteiger partial charge in [0.05, 0.1) is 4.88 Å². The Bertz CT molecular complexity index is 751. The number of aliphatic carboxylic acids is 1. The largest absolute Gasteiger partial charge is 0.480 e. The van der Waals surface area contributed by atoms with E-state index in [0.717, 1.165) is 21.9 Å². The number of hydrogen-bond donors (Lipinski definition) is 2. The Labute approximate surface area is 153 Å². The molecule has 2 aromatic rings. The fourth-order valence-corrected chi connectivity index (χ4v) is 4.84. The third-order valence-electron chi connectivity index (χ3n) is 4.07. The number of nitrogens with one attached hydrogen (secondary N) is 1. The number of benzene rings is 1. The van der Waals surface area contributed by atoms with Gasteiger partial charge in [0.25, 0.3) is 5.91 Å². The van der Waals surface area contributed by atoms with E-state index in [1.54, 1.807) is 30.0 Å². The number of carboxylic acids is 1. The van der Waals surface area contributed by atoms with Gasteiger partial charge >= 0.3 is 5.97 Å². The molecule has 1 fully saturated rings. The summed E-state index contributed by atoms with van der Waals surface area (Å²) in [6.45, 7) is 0. The van der Waals surface area contributed by atoms with Gasteiger partial charge in [0.15, 0.2) is 0 Å². The SMILES string of the molecule is O=C(NC1(C(=O)O)CCSCC1)c1ccc(-c2ccc(Cl)cc2)s1. The minimum atomic E-state index is -1.15. The number of thiophene rings is 1. The molecule has 0 atom stereocenters. The molecule has 0 spiro atoms. The zero-order valence-electron chi connectivity index (χ0n) is 12.8. The summed E-state index contributed by atoms with van der Waals surface area (Å²) in [7, 11) is 0. The number of hydrogen-bond acceptors (Lipinski definition) is 4. The molecular weight excluding hydrogens is 366 g/mol. The van der Waals surface area contributed by atoms with E-state index in [4.69, 9.17) is 11.6 Å². The molecule has 2 N–H and O–H groups in total. The Balaban J connectivity index is 1.78. The molecule has 126 valence electrons. The van der Waals surface area contributed by atoms with Crippen LogP contribution in [0.1, 0.15) is 22.5 Å². The Kier molecular flexibility index (Phi) is 5.18. The average molecular weight is 382 g/mol. The standard InChI is InChI=1S/C17H16ClNO3S2/c18-12-3-1-11(2-4-12)13-5-6-14(24-13)15(20)19-17(16(21)22)7-9-23-10-8-17/h1-6H,7-10H2,(H,19,20)(H,21,22). The zero-order valence-corrected chi connectivity index (χ0v) is 15.1. The van der Waals surface area contributed by atoms with Gasteiger partial charge in [-0.05, 0) is 54.2 Å². The molecule has 2 heterocycles. The molecule has 1 amide bonds. The molecule has 1 aromatic heterocycles. The number of halogens is 1. The van der Waals surface area contributed by atoms with Gasteiger partial charge in [-0.1, -0.05) is 23.7 Å². The van der Waals surface area contributed by atoms with Crippen LogP contribution >= 0.6 is 34.7 Å². The van der Waals surface area contributed by atoms with Gasteiger partial charge in [-0.2, -0.15) is 11.8 Å². The number of rotatable bonds is 4. The van der Waals surface area contributed by atoms with Crippen LogP contribution in [-0.2, 0) is 4.79 Å². The normalized spacial score (nSPS) is 16.5. The van der Waals surface area contributed by atoms with E-state index >= 15 is 0 Å². The van der Waals surface area contributed by atoms with Gasteiger partial charge in [0.1, 0.15) is 5.54 Å². The van der Waals surface area contributed by atoms with E-state index in [9.17, 15) is 14.7 Å². The summed E-state index contributed by atoms with van der Waals surface area (Å²) >= 11 is 8.95. The topological polar surface area (TPSA) is 66.4 Å². The molecule has 0 unspecified atom stereocenters. The van der Waals surface area contributed by atoms with Crippen molar-refractivity contribution in [1.82, 2.24) is 5.32 Å². The highest BCUT2D eigenvalue weighted by molar-refractivity contribution is 7.99. The van der Waals surface area contributed by atoms with Crippen molar-refractivity contribution in [1.29, 1.82) is 0 Å². The minimum absolute atomic E-state index is 0.325. The van der Waals surface area contributed by atoms with Crippen molar-refractivity contribution in [3.05, 3.63) is 46.3 Å². The molecule has 0 saturated carbocycles. The van der Waals surface area contributed by atoms with Crippen LogP contribution in [-0.4, -0.2) is 34.0 Å². The first-order chi connectivity index (χ1) is 11.5. The molecule has 24 heavy (non-hydrogen) atoms. The molecule has 3 rings (SSSR count). The molecule has 7 heteroatoms. The summed E-state index contributed by atoms with van der Waals surface area (Å²) in [5, 5.41) is 13.0. The van der Waals surface area contributed by atoms with Crippen molar-refractivity contribution in [3.63, 3.8) is 0 Å². The van der Waals surface area contributed by atoms with Gasteiger partial charge in [0, 0.05) is 9.90 Å². The van der Waals surface area contributed by atoms with Crippen LogP contribution in [0.15, 0.2) is 36.4 Å². The van der Waals surface area contributed by atoms with Crippen LogP contribution in [0.2, 0.25) is 5.02 Å². The van der Waals surface area contributed by atoms with Crippen LogP contribution in [0.4, 0.5) is 0 Å². The molecule has 0 bridgehead atoms. The van der Waals surface area contributed by atoms with Gasteiger partial charge in [-0.25, -0.2) is 4.79 Å². The highest BCUT2D eigenvalue weighted by atomic mass is 35.5. The first kappa shape index (κ1) is 17.3. The highest BCUT2D eigenvalue weighted by Gasteiger charge is 2.41. The smallest absolute Gasteiger partial charge is 0.329 e. The minimum Gasteiger partial charge on any atom is -0.480 e. The maximum absolute atomic E-state index is 12.5. The number of carboxylic acid groups (broad SMARTS) is 1. The van der Waals surface area contributed by atoms with Crippen molar-refractivity contribution < 1.29 is 14.7 Å². The first-order valence-corrected chi connectivity index (χ1v) is 9.84. The lowest BCUT2D eigenvalue weighted by Crippen LogP contribution is -2.56. The number of carbonyl (C=O) groups is 2. The molecule has 1 saturated heterocycles. The van der Waals surface area contributed by atoms with E-state index in [-0.39, 0.29) is 5.91 Å². The highest BCUT2D eigenvalue weighted by Crippen LogP contribution is 2.31. The van der Waals surface area contributed by atoms with E-state index < -0.39 is 11.5 Å². The molecule has 1 aliphatic rings. The van der Waals surface area contributed by atoms with Crippen molar-refractivity contribution in [2.24, 2.45) is 0 Å². The second kappa shape index (κ2) is 7.17. The monoisotopic (exact) mass is 381 g/mol. The predicted octanol–water partition coefficient (Wildman–Crippen LogP) is 4.15. The third kappa shape index (κ3) is 3.61. The lowest BCUT2D eigenvalue weighted by atomic mass is 9.92. The second-order valence-electron chi connectivity index (χ2n) is 5.62. The van der Waals surface area contributed by atoms with Gasteiger partial charge in [0.2, 0.25) is 0 Å². The zero-order chi connectivity index (χ0) is 17.2. The molecule has 4 nitrogen and oxygen atoms in total. The number of thioether (sulfide) groups is 1. The fraction of sp³-hybridized carbons (Fsp3) is 0.294. The van der Waals surface area contributed by atoms with Gasteiger partial charge < -0.3 is 10.4 Å². The summed E-state index contributed by atoms with van der Waals surface area (Å²) < 4.78 is 0. The molecule has 1 aromatic carbocycles. The lowest BCUT2D eigenvalue weighted by Gasteiger charge is -2.33. The summed E-state index contributed by atoms with van der Waals surface area (Å²) in [6, 6.07) is 11.0. The van der Waals surface area contributed by atoms with Crippen LogP contribution < -0.4 is 5.32 Å². The Morgan fingerprint density at radius 3 is 2.38 bits per heavy atom. The van der Waals surface area contributed by atoms with E-state index in [1.807, 2.05) is 18.2 Å². The first-order valence-electron chi connectivity index (χ1n) is 7.50. The molecular formula is C17H16ClNO3S2. The summed E-state index contributed by atoms with van der Waals surface area (Å²) in [5.41, 5.74) is -0.169. The quantitative estimate of drug-likeness (QED) is 0.834. The Morgan fingerprint density at radius 1 is 1.08 bits per heavy atom. The molecule has 0 radical (unpaired) electrons. The van der Waals surface area contributed by atoms with Crippen LogP contribution in [0.3, 0.4) is 0 Å². The van der Waals surface area contributed by atoms with E-state index in [0.29, 0.717) is 22.7 Å². The van der Waals surface area contributed by atoms with Crippen LogP contribution in [0.25, 0.3) is 10.4 Å². The average Bonchev–Trinajstić information content (AvgIpc) is 3.06. The van der Waals surface area contributed by atoms with Crippen LogP contribution in [0.5, 0.6) is 0 Å². The van der Waals surface area contributed by atoms with Crippen LogP contribution in [0, 0.1) is 0 Å². The van der Waals surface area contributed by atoms with Crippen molar-refractivity contribution in [2.45, 2.75) is 18.4 Å². The third-order valence-corrected chi connectivity index (χ3v) is 6.44. The summed E-state index contributed by atoms with van der Waals surface area (Å²) in [5.74, 6) is 0.209. The second-order valence-corrected chi connectivity index (χ2v) is 8.37. The van der Waals surface area contributed by atoms with Gasteiger partial charge in [-0.3, -0.25) is 4.79 Å². The maximum Gasteiger partial charge on any atom is 0.329 e. The number of carbonyl (C=O) groups excluding carboxylic acids is 1. The molecule has 1 aliphatic heterocycles. The van der Waals surface area contributed by atoms with E-state index in [1.165, 1.54) is 11.3 Å². The molecule has 0 aliphatic carbocycles. The van der Waals surface area contributed by atoms with Crippen molar-refractivity contribution in [2.75, 3.05) is 11.5 Å². The lowest BCUT2D eigenvalue weighted by molar-refractivity contribution is -0.144. The summed E-state index contributed by atoms with van der Waals surface area (Å²) in [4.78, 5) is 25.7. The fourth-order valence-electron chi connectivity index (χ4n) is 2.62. The maximum atomic E-state index is 12.5. The van der Waals surface area contributed by atoms with Gasteiger partial charge in [-0.15, -0.1) is 11.3 Å². The predicted molar refractivity (Wildman–Crippen MR) is 99.2 cm³/mol. The Hall–Kier alpha value is -1.50. The summed E-state index contributed by atoms with van der Waals surface area (Å²) in [6.07, 6.45) is 0.905. The number of amides is 1. The van der Waals surface area contributed by atoms with Crippen molar-refractivity contribution in [3.8, 4) is 10.4 Å². The van der Waals surface area contributed by atoms with Crippen molar-refractivity contribution >= 4 is 46.6 Å².